The van der Waals surface area contributed by atoms with E-state index in [9.17, 15) is 0 Å². The highest BCUT2D eigenvalue weighted by atomic mass is 15.4. The van der Waals surface area contributed by atoms with Crippen LogP contribution in [0, 0.1) is 0 Å². The van der Waals surface area contributed by atoms with Crippen LogP contribution in [0.1, 0.15) is 161 Å². The number of benzene rings is 1. The summed E-state index contributed by atoms with van der Waals surface area (Å²) in [4.78, 5) is 5.28. The Kier molecular flexibility index (Phi) is 20.2. The van der Waals surface area contributed by atoms with Crippen molar-refractivity contribution in [2.24, 2.45) is 0 Å². The van der Waals surface area contributed by atoms with Crippen LogP contribution in [-0.4, -0.2) is 29.1 Å². The van der Waals surface area contributed by atoms with Crippen molar-refractivity contribution in [2.75, 3.05) is 13.1 Å². The number of hydrogen-bond acceptors (Lipinski definition) is 2. The van der Waals surface area contributed by atoms with E-state index in [1.165, 1.54) is 160 Å². The summed E-state index contributed by atoms with van der Waals surface area (Å²) >= 11 is 0. The van der Waals surface area contributed by atoms with Crippen molar-refractivity contribution in [3.05, 3.63) is 48.3 Å². The molecular formula is C36H64N2. The molecule has 0 saturated carbocycles. The molecule has 1 aromatic carbocycles. The average molecular weight is 525 g/mol. The first kappa shape index (κ1) is 32.8. The standard InChI is InChI=1S/C36H64N2/c1-3-5-7-9-11-13-15-16-18-20-22-27-31-38-33-32-37(36(38)34-35-28-24-23-25-29-35)30-26-21-19-17-14-12-10-8-6-4-2/h23-25,28-29,32-33,36H,3-22,26-27,30-31,34H2,1-2H3. The van der Waals surface area contributed by atoms with Crippen LogP contribution in [0.4, 0.5) is 0 Å². The van der Waals surface area contributed by atoms with Gasteiger partial charge in [-0.25, -0.2) is 0 Å². The van der Waals surface area contributed by atoms with Gasteiger partial charge in [-0.05, 0) is 18.4 Å². The summed E-state index contributed by atoms with van der Waals surface area (Å²) < 4.78 is 0. The van der Waals surface area contributed by atoms with Crippen molar-refractivity contribution in [3.8, 4) is 0 Å². The summed E-state index contributed by atoms with van der Waals surface area (Å²) in [6.45, 7) is 7.02. The minimum atomic E-state index is 0.503. The molecule has 2 heteroatoms. The fraction of sp³-hybridized carbons (Fsp3) is 0.778. The van der Waals surface area contributed by atoms with E-state index in [-0.39, 0.29) is 0 Å². The van der Waals surface area contributed by atoms with Gasteiger partial charge in [-0.3, -0.25) is 0 Å². The molecule has 1 aliphatic rings. The van der Waals surface area contributed by atoms with Gasteiger partial charge in [-0.2, -0.15) is 0 Å². The van der Waals surface area contributed by atoms with Crippen LogP contribution in [0.3, 0.4) is 0 Å². The van der Waals surface area contributed by atoms with Gasteiger partial charge in [0.15, 0.2) is 0 Å². The van der Waals surface area contributed by atoms with Crippen LogP contribution >= 0.6 is 0 Å². The maximum absolute atomic E-state index is 2.64. The zero-order chi connectivity index (χ0) is 26.9. The first-order valence-electron chi connectivity index (χ1n) is 17.1. The highest BCUT2D eigenvalue weighted by Gasteiger charge is 2.25. The second-order valence-electron chi connectivity index (χ2n) is 12.0. The van der Waals surface area contributed by atoms with Gasteiger partial charge in [0, 0.05) is 31.9 Å². The van der Waals surface area contributed by atoms with E-state index >= 15 is 0 Å². The average Bonchev–Trinajstić information content (AvgIpc) is 3.31. The highest BCUT2D eigenvalue weighted by Crippen LogP contribution is 2.22. The van der Waals surface area contributed by atoms with Crippen LogP contribution < -0.4 is 0 Å². The Balaban J connectivity index is 1.59. The molecule has 1 aliphatic heterocycles. The molecule has 0 aromatic heterocycles. The second-order valence-corrected chi connectivity index (χ2v) is 12.0. The van der Waals surface area contributed by atoms with Crippen molar-refractivity contribution < 1.29 is 0 Å². The Morgan fingerprint density at radius 1 is 0.447 bits per heavy atom. The molecule has 0 aliphatic carbocycles. The molecule has 0 fully saturated rings. The van der Waals surface area contributed by atoms with Gasteiger partial charge in [0.25, 0.3) is 0 Å². The van der Waals surface area contributed by atoms with Crippen molar-refractivity contribution in [2.45, 2.75) is 168 Å². The van der Waals surface area contributed by atoms with Crippen molar-refractivity contribution in [1.29, 1.82) is 0 Å². The molecule has 1 atom stereocenters. The molecule has 0 N–H and O–H groups in total. The fourth-order valence-electron chi connectivity index (χ4n) is 5.98. The van der Waals surface area contributed by atoms with Gasteiger partial charge in [-0.15, -0.1) is 0 Å². The maximum atomic E-state index is 2.64. The highest BCUT2D eigenvalue weighted by molar-refractivity contribution is 5.17. The Morgan fingerprint density at radius 3 is 1.16 bits per heavy atom. The minimum absolute atomic E-state index is 0.503. The molecule has 0 radical (unpaired) electrons. The van der Waals surface area contributed by atoms with Crippen molar-refractivity contribution in [1.82, 2.24) is 9.80 Å². The summed E-state index contributed by atoms with van der Waals surface area (Å²) in [6, 6.07) is 11.1. The molecule has 218 valence electrons. The van der Waals surface area contributed by atoms with Crippen LogP contribution in [0.25, 0.3) is 0 Å². The number of unbranched alkanes of at least 4 members (excludes halogenated alkanes) is 20. The molecule has 1 unspecified atom stereocenters. The molecule has 2 nitrogen and oxygen atoms in total. The zero-order valence-corrected chi connectivity index (χ0v) is 25.7. The molecule has 38 heavy (non-hydrogen) atoms. The van der Waals surface area contributed by atoms with Crippen LogP contribution in [0.5, 0.6) is 0 Å². The summed E-state index contributed by atoms with van der Waals surface area (Å²) in [5.41, 5.74) is 1.47. The van der Waals surface area contributed by atoms with Gasteiger partial charge in [0.1, 0.15) is 6.17 Å². The van der Waals surface area contributed by atoms with E-state index in [0.29, 0.717) is 6.17 Å². The minimum Gasteiger partial charge on any atom is -0.356 e. The van der Waals surface area contributed by atoms with Crippen LogP contribution in [0.2, 0.25) is 0 Å². The lowest BCUT2D eigenvalue weighted by Gasteiger charge is -2.33. The van der Waals surface area contributed by atoms with E-state index in [1.807, 2.05) is 0 Å². The predicted octanol–water partition coefficient (Wildman–Crippen LogP) is 11.3. The largest absolute Gasteiger partial charge is 0.356 e. The lowest BCUT2D eigenvalue weighted by atomic mass is 10.0. The normalized spacial score (nSPS) is 15.2. The third kappa shape index (κ3) is 15.8. The van der Waals surface area contributed by atoms with Crippen molar-refractivity contribution >= 4 is 0 Å². The van der Waals surface area contributed by atoms with E-state index < -0.39 is 0 Å². The molecule has 0 saturated heterocycles. The topological polar surface area (TPSA) is 6.48 Å². The molecule has 0 bridgehead atoms. The Bertz CT molecular complexity index is 655. The van der Waals surface area contributed by atoms with Gasteiger partial charge in [0.2, 0.25) is 0 Å². The molecule has 1 aromatic rings. The van der Waals surface area contributed by atoms with E-state index in [0.717, 1.165) is 6.42 Å². The molecule has 1 heterocycles. The van der Waals surface area contributed by atoms with Crippen LogP contribution in [-0.2, 0) is 6.42 Å². The van der Waals surface area contributed by atoms with Crippen LogP contribution in [0.15, 0.2) is 42.7 Å². The first-order chi connectivity index (χ1) is 18.8. The number of rotatable bonds is 26. The van der Waals surface area contributed by atoms with E-state index in [1.54, 1.807) is 0 Å². The lowest BCUT2D eigenvalue weighted by Crippen LogP contribution is -2.41. The number of hydrogen-bond donors (Lipinski definition) is 0. The van der Waals surface area contributed by atoms with Gasteiger partial charge in [-0.1, -0.05) is 173 Å². The molecule has 0 amide bonds. The Morgan fingerprint density at radius 2 is 0.789 bits per heavy atom. The van der Waals surface area contributed by atoms with Gasteiger partial charge < -0.3 is 9.80 Å². The molecule has 0 spiro atoms. The maximum Gasteiger partial charge on any atom is 0.105 e. The third-order valence-corrected chi connectivity index (χ3v) is 8.52. The Labute approximate surface area is 238 Å². The predicted molar refractivity (Wildman–Crippen MR) is 169 cm³/mol. The van der Waals surface area contributed by atoms with E-state index in [2.05, 4.69) is 66.4 Å². The molecular weight excluding hydrogens is 460 g/mol. The smallest absolute Gasteiger partial charge is 0.105 e. The summed E-state index contributed by atoms with van der Waals surface area (Å²) in [5.74, 6) is 0. The monoisotopic (exact) mass is 525 g/mol. The SMILES string of the molecule is CCCCCCCCCCCCCCN1C=CN(CCCCCCCCCCCC)C1Cc1ccccc1. The second kappa shape index (κ2) is 23.4. The van der Waals surface area contributed by atoms with Gasteiger partial charge >= 0.3 is 0 Å². The summed E-state index contributed by atoms with van der Waals surface area (Å²) in [5, 5.41) is 0. The fourth-order valence-corrected chi connectivity index (χ4v) is 5.98. The molecule has 2 rings (SSSR count). The van der Waals surface area contributed by atoms with Crippen molar-refractivity contribution in [3.63, 3.8) is 0 Å². The zero-order valence-electron chi connectivity index (χ0n) is 25.7. The number of nitrogens with zero attached hydrogens (tertiary/aromatic N) is 2. The van der Waals surface area contributed by atoms with E-state index in [4.69, 9.17) is 0 Å². The Hall–Kier alpha value is -1.44. The third-order valence-electron chi connectivity index (χ3n) is 8.52. The first-order valence-corrected chi connectivity index (χ1v) is 17.1. The van der Waals surface area contributed by atoms with Gasteiger partial charge in [0.05, 0.1) is 0 Å². The lowest BCUT2D eigenvalue weighted by molar-refractivity contribution is 0.148. The quantitative estimate of drug-likeness (QED) is 0.111. The summed E-state index contributed by atoms with van der Waals surface area (Å²) in [7, 11) is 0. The summed E-state index contributed by atoms with van der Waals surface area (Å²) in [6.07, 6.45) is 37.6.